The molecule has 0 amide bonds. The van der Waals surface area contributed by atoms with E-state index in [1.165, 1.54) is 26.8 Å². The summed E-state index contributed by atoms with van der Waals surface area (Å²) in [6.45, 7) is 0. The summed E-state index contributed by atoms with van der Waals surface area (Å²) in [7, 11) is 0. The van der Waals surface area contributed by atoms with Gasteiger partial charge in [0.25, 0.3) is 0 Å². The first-order valence-electron chi connectivity index (χ1n) is 12.2. The fourth-order valence-electron chi connectivity index (χ4n) is 4.86. The van der Waals surface area contributed by atoms with Crippen LogP contribution in [0.4, 0.5) is 0 Å². The molecule has 1 atom stereocenters. The smallest absolute Gasteiger partial charge is 0.0406 e. The minimum absolute atomic E-state index is 0.0378. The van der Waals surface area contributed by atoms with Gasteiger partial charge in [0, 0.05) is 22.8 Å². The van der Waals surface area contributed by atoms with E-state index in [4.69, 9.17) is 35.2 Å². The Morgan fingerprint density at radius 2 is 0.838 bits per heavy atom. The Hall–Kier alpha value is -2.31. The highest BCUT2D eigenvalue weighted by molar-refractivity contribution is 8.24. The summed E-state index contributed by atoms with van der Waals surface area (Å²) in [5.41, 5.74) is 1.23. The molecule has 1 unspecified atom stereocenters. The Morgan fingerprint density at radius 1 is 0.486 bits per heavy atom. The van der Waals surface area contributed by atoms with Crippen molar-refractivity contribution >= 4 is 68.5 Å². The van der Waals surface area contributed by atoms with Gasteiger partial charge < -0.3 is 0 Å². The third-order valence-corrected chi connectivity index (χ3v) is 17.7. The first kappa shape index (κ1) is 26.3. The average molecular weight is 573 g/mol. The Morgan fingerprint density at radius 3 is 1.22 bits per heavy atom. The number of rotatable bonds is 8. The third kappa shape index (κ3) is 5.46. The van der Waals surface area contributed by atoms with E-state index in [-0.39, 0.29) is 5.66 Å². The van der Waals surface area contributed by atoms with Crippen molar-refractivity contribution in [2.24, 2.45) is 0 Å². The van der Waals surface area contributed by atoms with Crippen LogP contribution < -0.4 is 21.2 Å². The molecule has 0 heterocycles. The van der Waals surface area contributed by atoms with Gasteiger partial charge in [0.15, 0.2) is 0 Å². The van der Waals surface area contributed by atoms with Crippen molar-refractivity contribution < 1.29 is 0 Å². The molecule has 5 aromatic carbocycles. The van der Waals surface area contributed by atoms with Crippen LogP contribution in [0.5, 0.6) is 0 Å². The van der Waals surface area contributed by atoms with E-state index < -0.39 is 12.1 Å². The SMILES string of the molecule is S=P(CC(c1ccc(Cl)cc1)P(=S)(c1ccccc1)c1ccccc1)(c1ccccc1)c1ccccc1. The normalized spacial score (nSPS) is 12.7. The zero-order valence-corrected chi connectivity index (χ0v) is 24.4. The molecule has 0 aliphatic carbocycles. The summed E-state index contributed by atoms with van der Waals surface area (Å²) in [5.74, 6) is 0. The third-order valence-electron chi connectivity index (χ3n) is 6.75. The molecular weight excluding hydrogens is 546 g/mol. The van der Waals surface area contributed by atoms with Gasteiger partial charge in [-0.25, -0.2) is 0 Å². The molecule has 0 spiro atoms. The Balaban J connectivity index is 1.78. The molecule has 184 valence electrons. The average Bonchev–Trinajstić information content (AvgIpc) is 2.98. The summed E-state index contributed by atoms with van der Waals surface area (Å²) in [6, 6.07) is 46.3. The van der Waals surface area contributed by atoms with Crippen LogP contribution in [0.25, 0.3) is 0 Å². The fraction of sp³-hybridized carbons (Fsp3) is 0.0625. The summed E-state index contributed by atoms with van der Waals surface area (Å²) in [5, 5.41) is 5.58. The molecule has 5 rings (SSSR count). The highest BCUT2D eigenvalue weighted by Crippen LogP contribution is 2.63. The number of halogens is 1. The van der Waals surface area contributed by atoms with Gasteiger partial charge in [0.05, 0.1) is 0 Å². The van der Waals surface area contributed by atoms with Crippen molar-refractivity contribution in [3.63, 3.8) is 0 Å². The molecular formula is C32H27ClP2S2. The van der Waals surface area contributed by atoms with E-state index >= 15 is 0 Å². The largest absolute Gasteiger partial charge is 0.0876 e. The first-order chi connectivity index (χ1) is 18.0. The molecule has 5 aromatic rings. The lowest BCUT2D eigenvalue weighted by molar-refractivity contribution is 1.10. The minimum atomic E-state index is -2.36. The van der Waals surface area contributed by atoms with Gasteiger partial charge in [-0.1, -0.05) is 169 Å². The van der Waals surface area contributed by atoms with Crippen molar-refractivity contribution in [3.8, 4) is 0 Å². The van der Waals surface area contributed by atoms with Crippen molar-refractivity contribution in [1.29, 1.82) is 0 Å². The number of hydrogen-bond acceptors (Lipinski definition) is 2. The van der Waals surface area contributed by atoms with Gasteiger partial charge in [0.1, 0.15) is 0 Å². The van der Waals surface area contributed by atoms with E-state index in [9.17, 15) is 0 Å². The standard InChI is InChI=1S/C32H27ClP2S2/c33-27-23-21-26(22-24-27)32(35(37,30-17-9-3-10-18-30)31-19-11-4-12-20-31)25-34(36,28-13-5-1-6-14-28)29-15-7-2-8-16-29/h1-24,32H,25H2. The maximum atomic E-state index is 6.89. The summed E-state index contributed by atoms with van der Waals surface area (Å²) < 4.78 is 0. The summed E-state index contributed by atoms with van der Waals surface area (Å²) in [4.78, 5) is 0. The van der Waals surface area contributed by atoms with Gasteiger partial charge in [-0.2, -0.15) is 0 Å². The predicted molar refractivity (Wildman–Crippen MR) is 172 cm³/mol. The van der Waals surface area contributed by atoms with Crippen molar-refractivity contribution in [3.05, 3.63) is 156 Å². The molecule has 0 aliphatic heterocycles. The van der Waals surface area contributed by atoms with Crippen LogP contribution >= 0.6 is 23.7 Å². The van der Waals surface area contributed by atoms with Gasteiger partial charge >= 0.3 is 0 Å². The van der Waals surface area contributed by atoms with Crippen LogP contribution in [-0.2, 0) is 23.6 Å². The Labute approximate surface area is 235 Å². The van der Waals surface area contributed by atoms with Crippen molar-refractivity contribution in [2.45, 2.75) is 5.66 Å². The number of hydrogen-bond donors (Lipinski definition) is 0. The van der Waals surface area contributed by atoms with Crippen LogP contribution in [0, 0.1) is 0 Å². The second kappa shape index (κ2) is 11.6. The lowest BCUT2D eigenvalue weighted by Crippen LogP contribution is -2.27. The predicted octanol–water partition coefficient (Wildman–Crippen LogP) is 7.64. The van der Waals surface area contributed by atoms with Crippen LogP contribution in [0.3, 0.4) is 0 Å². The lowest BCUT2D eigenvalue weighted by atomic mass is 10.2. The molecule has 0 radical (unpaired) electrons. The Kier molecular flexibility index (Phi) is 8.25. The molecule has 5 heteroatoms. The van der Waals surface area contributed by atoms with Crippen molar-refractivity contribution in [2.75, 3.05) is 6.16 Å². The maximum absolute atomic E-state index is 6.89. The molecule has 0 fully saturated rings. The van der Waals surface area contributed by atoms with Crippen LogP contribution in [0.1, 0.15) is 11.2 Å². The van der Waals surface area contributed by atoms with E-state index in [1.54, 1.807) is 0 Å². The highest BCUT2D eigenvalue weighted by Gasteiger charge is 2.38. The molecule has 0 aliphatic rings. The van der Waals surface area contributed by atoms with Gasteiger partial charge in [0.2, 0.25) is 0 Å². The van der Waals surface area contributed by atoms with Gasteiger partial charge in [-0.05, 0) is 45.1 Å². The second-order valence-corrected chi connectivity index (χ2v) is 18.9. The second-order valence-electron chi connectivity index (χ2n) is 8.99. The summed E-state index contributed by atoms with van der Waals surface area (Å²) in [6.07, 6.45) is 0.791. The van der Waals surface area contributed by atoms with Gasteiger partial charge in [-0.3, -0.25) is 0 Å². The fourth-order valence-corrected chi connectivity index (χ4v) is 15.4. The molecule has 0 N–H and O–H groups in total. The summed E-state index contributed by atoms with van der Waals surface area (Å²) >= 11 is 20.0. The van der Waals surface area contributed by atoms with Crippen LogP contribution in [0.2, 0.25) is 5.02 Å². The van der Waals surface area contributed by atoms with Crippen LogP contribution in [0.15, 0.2) is 146 Å². The van der Waals surface area contributed by atoms with E-state index in [0.717, 1.165) is 11.2 Å². The minimum Gasteiger partial charge on any atom is -0.0876 e. The topological polar surface area (TPSA) is 0 Å². The molecule has 0 aromatic heterocycles. The molecule has 0 saturated heterocycles. The van der Waals surface area contributed by atoms with Crippen LogP contribution in [-0.4, -0.2) is 6.16 Å². The quantitative estimate of drug-likeness (QED) is 0.175. The van der Waals surface area contributed by atoms with E-state index in [0.29, 0.717) is 0 Å². The van der Waals surface area contributed by atoms with Gasteiger partial charge in [-0.15, -0.1) is 0 Å². The van der Waals surface area contributed by atoms with E-state index in [1.807, 2.05) is 12.1 Å². The van der Waals surface area contributed by atoms with E-state index in [2.05, 4.69) is 133 Å². The monoisotopic (exact) mass is 572 g/mol. The molecule has 0 nitrogen and oxygen atoms in total. The number of benzene rings is 5. The Bertz CT molecular complexity index is 1450. The zero-order chi connectivity index (χ0) is 25.7. The molecule has 0 saturated carbocycles. The van der Waals surface area contributed by atoms with Crippen molar-refractivity contribution in [1.82, 2.24) is 0 Å². The maximum Gasteiger partial charge on any atom is 0.0406 e. The molecule has 37 heavy (non-hydrogen) atoms. The molecule has 0 bridgehead atoms. The lowest BCUT2D eigenvalue weighted by Gasteiger charge is -2.37. The first-order valence-corrected chi connectivity index (χ1v) is 18.4. The highest BCUT2D eigenvalue weighted by atomic mass is 35.5. The zero-order valence-electron chi connectivity index (χ0n) is 20.2.